The zero-order valence-electron chi connectivity index (χ0n) is 10.1. The molecule has 1 amide bonds. The molecule has 8 heteroatoms. The Labute approximate surface area is 119 Å². The zero-order chi connectivity index (χ0) is 14.6. The molecule has 0 aliphatic heterocycles. The van der Waals surface area contributed by atoms with Crippen molar-refractivity contribution in [3.05, 3.63) is 28.0 Å². The van der Waals surface area contributed by atoms with Gasteiger partial charge in [0.1, 0.15) is 10.3 Å². The summed E-state index contributed by atoms with van der Waals surface area (Å²) in [5, 5.41) is 2.21. The summed E-state index contributed by atoms with van der Waals surface area (Å²) >= 11 is 11.3. The number of ether oxygens (including phenoxy) is 1. The van der Waals surface area contributed by atoms with Gasteiger partial charge >= 0.3 is 5.97 Å². The Morgan fingerprint density at radius 3 is 2.42 bits per heavy atom. The van der Waals surface area contributed by atoms with Crippen molar-refractivity contribution >= 4 is 40.9 Å². The van der Waals surface area contributed by atoms with Crippen molar-refractivity contribution in [2.45, 2.75) is 13.0 Å². The van der Waals surface area contributed by atoms with E-state index in [0.717, 1.165) is 14.0 Å². The number of methoxy groups -OCH3 is 1. The fraction of sp³-hybridized carbons (Fsp3) is 0.273. The largest absolute Gasteiger partial charge is 0.467 e. The molecule has 0 saturated carbocycles. The number of aromatic nitrogens is 1. The summed E-state index contributed by atoms with van der Waals surface area (Å²) in [7, 11) is 1.11. The van der Waals surface area contributed by atoms with Gasteiger partial charge < -0.3 is 10.1 Å². The first-order valence-corrected chi connectivity index (χ1v) is 5.83. The normalized spacial score (nSPS) is 11.6. The second-order valence-electron chi connectivity index (χ2n) is 3.51. The number of nitrogens with one attached hydrogen (secondary N) is 1. The lowest BCUT2D eigenvalue weighted by Crippen LogP contribution is -2.46. The summed E-state index contributed by atoms with van der Waals surface area (Å²) in [5.74, 6) is -2.14. The number of esters is 1. The molecule has 1 N–H and O–H groups in total. The summed E-state index contributed by atoms with van der Waals surface area (Å²) in [4.78, 5) is 38.2. The number of amides is 1. The first kappa shape index (κ1) is 15.4. The van der Waals surface area contributed by atoms with Gasteiger partial charge in [-0.3, -0.25) is 9.59 Å². The zero-order valence-corrected chi connectivity index (χ0v) is 11.6. The van der Waals surface area contributed by atoms with Crippen LogP contribution >= 0.6 is 23.2 Å². The van der Waals surface area contributed by atoms with Crippen LogP contribution in [0.3, 0.4) is 0 Å². The van der Waals surface area contributed by atoms with Crippen molar-refractivity contribution in [2.24, 2.45) is 0 Å². The Balaban J connectivity index is 2.94. The van der Waals surface area contributed by atoms with Crippen molar-refractivity contribution in [1.82, 2.24) is 10.3 Å². The topological polar surface area (TPSA) is 85.4 Å². The van der Waals surface area contributed by atoms with Gasteiger partial charge in [-0.1, -0.05) is 23.2 Å². The van der Waals surface area contributed by atoms with E-state index in [-0.39, 0.29) is 15.9 Å². The van der Waals surface area contributed by atoms with Crippen LogP contribution in [0.25, 0.3) is 0 Å². The molecule has 0 aromatic carbocycles. The lowest BCUT2D eigenvalue weighted by Gasteiger charge is -2.13. The molecule has 0 unspecified atom stereocenters. The number of rotatable bonds is 4. The van der Waals surface area contributed by atoms with E-state index in [0.29, 0.717) is 0 Å². The van der Waals surface area contributed by atoms with E-state index < -0.39 is 23.7 Å². The Morgan fingerprint density at radius 1 is 1.32 bits per heavy atom. The number of halogens is 2. The second kappa shape index (κ2) is 6.49. The number of nitrogens with zero attached hydrogens (tertiary/aromatic N) is 1. The number of Topliss-reactive ketones (excluding diaryl/α,β-unsaturated/α-hetero) is 1. The van der Waals surface area contributed by atoms with Gasteiger partial charge in [0, 0.05) is 0 Å². The van der Waals surface area contributed by atoms with E-state index in [1.807, 2.05) is 0 Å². The van der Waals surface area contributed by atoms with Crippen LogP contribution in [0.1, 0.15) is 17.3 Å². The molecule has 1 rings (SSSR count). The minimum absolute atomic E-state index is 0.00113. The van der Waals surface area contributed by atoms with E-state index in [1.165, 1.54) is 12.1 Å². The Morgan fingerprint density at radius 2 is 1.95 bits per heavy atom. The van der Waals surface area contributed by atoms with Crippen molar-refractivity contribution in [3.63, 3.8) is 0 Å². The molecule has 1 aromatic rings. The van der Waals surface area contributed by atoms with Gasteiger partial charge in [0.05, 0.1) is 12.7 Å². The second-order valence-corrected chi connectivity index (χ2v) is 4.26. The monoisotopic (exact) mass is 304 g/mol. The van der Waals surface area contributed by atoms with Gasteiger partial charge in [-0.05, 0) is 19.1 Å². The van der Waals surface area contributed by atoms with Crippen LogP contribution in [0.5, 0.6) is 0 Å². The van der Waals surface area contributed by atoms with E-state index in [1.54, 1.807) is 0 Å². The first-order chi connectivity index (χ1) is 8.86. The molecule has 6 nitrogen and oxygen atoms in total. The van der Waals surface area contributed by atoms with Crippen LogP contribution in [0.15, 0.2) is 12.1 Å². The van der Waals surface area contributed by atoms with E-state index >= 15 is 0 Å². The number of hydrogen-bond acceptors (Lipinski definition) is 5. The van der Waals surface area contributed by atoms with E-state index in [9.17, 15) is 14.4 Å². The summed E-state index contributed by atoms with van der Waals surface area (Å²) < 4.78 is 4.42. The van der Waals surface area contributed by atoms with Crippen molar-refractivity contribution < 1.29 is 19.1 Å². The fourth-order valence-electron chi connectivity index (χ4n) is 1.23. The Hall–Kier alpha value is -1.66. The average molecular weight is 305 g/mol. The highest BCUT2D eigenvalue weighted by atomic mass is 35.5. The molecule has 0 saturated heterocycles. The number of carbonyl (C=O) groups excluding carboxylic acids is 3. The third kappa shape index (κ3) is 3.90. The van der Waals surface area contributed by atoms with E-state index in [2.05, 4.69) is 15.0 Å². The number of hydrogen-bond donors (Lipinski definition) is 1. The predicted molar refractivity (Wildman–Crippen MR) is 68.2 cm³/mol. The number of pyridine rings is 1. The highest BCUT2D eigenvalue weighted by Crippen LogP contribution is 2.16. The molecule has 0 spiro atoms. The molecule has 0 bridgehead atoms. The number of ketones is 1. The molecule has 0 aliphatic rings. The summed E-state index contributed by atoms with van der Waals surface area (Å²) in [6.07, 6.45) is 0. The maximum Gasteiger partial charge on any atom is 0.336 e. The summed E-state index contributed by atoms with van der Waals surface area (Å²) in [5.41, 5.74) is 0.00113. The van der Waals surface area contributed by atoms with Gasteiger partial charge in [-0.2, -0.15) is 0 Å². The number of carbonyl (C=O) groups is 3. The molecular formula is C11H10Cl2N2O4. The first-order valence-electron chi connectivity index (χ1n) is 5.08. The highest BCUT2D eigenvalue weighted by Gasteiger charge is 2.27. The van der Waals surface area contributed by atoms with Crippen LogP contribution in [-0.4, -0.2) is 35.8 Å². The third-order valence-electron chi connectivity index (χ3n) is 2.18. The van der Waals surface area contributed by atoms with Gasteiger partial charge in [0.25, 0.3) is 5.91 Å². The molecule has 0 radical (unpaired) electrons. The van der Waals surface area contributed by atoms with Gasteiger partial charge in [-0.15, -0.1) is 0 Å². The quantitative estimate of drug-likeness (QED) is 0.514. The average Bonchev–Trinajstić information content (AvgIpc) is 2.34. The molecule has 0 aliphatic carbocycles. The Bertz CT molecular complexity index is 533. The van der Waals surface area contributed by atoms with E-state index in [4.69, 9.17) is 23.2 Å². The van der Waals surface area contributed by atoms with Crippen LogP contribution in [0.2, 0.25) is 10.3 Å². The lowest BCUT2D eigenvalue weighted by molar-refractivity contribution is -0.145. The van der Waals surface area contributed by atoms with Crippen molar-refractivity contribution in [3.8, 4) is 0 Å². The van der Waals surface area contributed by atoms with Crippen LogP contribution in [0.4, 0.5) is 0 Å². The summed E-state index contributed by atoms with van der Waals surface area (Å²) in [6.45, 7) is 1.16. The highest BCUT2D eigenvalue weighted by molar-refractivity contribution is 6.34. The standard InChI is InChI=1S/C11H10Cl2N2O4/c1-5(16)8(11(18)19-2)15-10(17)6-3-4-7(12)14-9(6)13/h3-4,8H,1-2H3,(H,15,17)/t8-/m0/s1. The van der Waals surface area contributed by atoms with Crippen molar-refractivity contribution in [1.29, 1.82) is 0 Å². The van der Waals surface area contributed by atoms with Crippen LogP contribution < -0.4 is 5.32 Å². The minimum Gasteiger partial charge on any atom is -0.467 e. The van der Waals surface area contributed by atoms with Crippen LogP contribution in [-0.2, 0) is 14.3 Å². The molecule has 1 atom stereocenters. The molecular weight excluding hydrogens is 295 g/mol. The van der Waals surface area contributed by atoms with Crippen LogP contribution in [0, 0.1) is 0 Å². The van der Waals surface area contributed by atoms with Gasteiger partial charge in [0.2, 0.25) is 0 Å². The fourth-order valence-corrected chi connectivity index (χ4v) is 1.67. The van der Waals surface area contributed by atoms with Gasteiger partial charge in [-0.25, -0.2) is 9.78 Å². The molecule has 0 fully saturated rings. The Kier molecular flexibility index (Phi) is 5.26. The lowest BCUT2D eigenvalue weighted by atomic mass is 10.2. The third-order valence-corrected chi connectivity index (χ3v) is 2.68. The SMILES string of the molecule is COC(=O)[C@@H](NC(=O)c1ccc(Cl)nc1Cl)C(C)=O. The molecule has 1 heterocycles. The molecule has 19 heavy (non-hydrogen) atoms. The van der Waals surface area contributed by atoms with Gasteiger partial charge in [0.15, 0.2) is 11.8 Å². The molecule has 1 aromatic heterocycles. The smallest absolute Gasteiger partial charge is 0.336 e. The maximum atomic E-state index is 11.9. The van der Waals surface area contributed by atoms with Crippen molar-refractivity contribution in [2.75, 3.05) is 7.11 Å². The molecule has 102 valence electrons. The predicted octanol–water partition coefficient (Wildman–Crippen LogP) is 1.25. The minimum atomic E-state index is -1.38. The summed E-state index contributed by atoms with van der Waals surface area (Å²) in [6, 6.07) is 1.31. The maximum absolute atomic E-state index is 11.9.